The van der Waals surface area contributed by atoms with Crippen LogP contribution >= 0.6 is 12.6 Å². The molecule has 0 spiro atoms. The van der Waals surface area contributed by atoms with Crippen molar-refractivity contribution in [1.82, 2.24) is 10.2 Å². The number of amides is 1. The summed E-state index contributed by atoms with van der Waals surface area (Å²) in [4.78, 5) is 14.4. The number of likely N-dealkylation sites (tertiary alicyclic amines) is 1. The van der Waals surface area contributed by atoms with Crippen LogP contribution in [-0.2, 0) is 11.2 Å². The van der Waals surface area contributed by atoms with E-state index < -0.39 is 0 Å². The molecule has 0 bridgehead atoms. The van der Waals surface area contributed by atoms with Crippen LogP contribution in [0.5, 0.6) is 0 Å². The van der Waals surface area contributed by atoms with Gasteiger partial charge in [0.15, 0.2) is 0 Å². The van der Waals surface area contributed by atoms with Crippen molar-refractivity contribution in [2.75, 3.05) is 26.2 Å². The summed E-state index contributed by atoms with van der Waals surface area (Å²) in [5, 5.41) is 2.73. The number of nitrogens with one attached hydrogen (secondary N) is 1. The van der Waals surface area contributed by atoms with Crippen molar-refractivity contribution in [3.05, 3.63) is 35.9 Å². The number of carbonyl (C=O) groups excluding carboxylic acids is 1. The second kappa shape index (κ2) is 8.32. The number of hydrogen-bond acceptors (Lipinski definition) is 3. The van der Waals surface area contributed by atoms with Crippen molar-refractivity contribution in [3.63, 3.8) is 0 Å². The van der Waals surface area contributed by atoms with E-state index in [1.54, 1.807) is 0 Å². The van der Waals surface area contributed by atoms with Crippen molar-refractivity contribution in [1.29, 1.82) is 0 Å². The average molecular weight is 292 g/mol. The first-order chi connectivity index (χ1) is 9.75. The minimum Gasteiger partial charge on any atom is -0.354 e. The lowest BCUT2D eigenvalue weighted by Crippen LogP contribution is -2.40. The Bertz CT molecular complexity index is 404. The molecule has 1 unspecified atom stereocenters. The van der Waals surface area contributed by atoms with E-state index in [1.165, 1.54) is 32.4 Å². The lowest BCUT2D eigenvalue weighted by molar-refractivity contribution is -0.120. The van der Waals surface area contributed by atoms with Gasteiger partial charge in [-0.15, -0.1) is 0 Å². The maximum absolute atomic E-state index is 12.0. The van der Waals surface area contributed by atoms with Gasteiger partial charge in [0.05, 0.1) is 5.25 Å². The molecule has 1 amide bonds. The first-order valence-corrected chi connectivity index (χ1v) is 7.99. The number of nitrogens with zero attached hydrogens (tertiary/aromatic N) is 1. The van der Waals surface area contributed by atoms with E-state index in [4.69, 9.17) is 0 Å². The van der Waals surface area contributed by atoms with E-state index in [2.05, 4.69) is 22.8 Å². The Balaban J connectivity index is 1.66. The Labute approximate surface area is 127 Å². The van der Waals surface area contributed by atoms with Gasteiger partial charge in [0.25, 0.3) is 0 Å². The number of thiol groups is 1. The molecule has 1 heterocycles. The third-order valence-corrected chi connectivity index (χ3v) is 4.17. The van der Waals surface area contributed by atoms with Crippen LogP contribution in [0.15, 0.2) is 30.3 Å². The average Bonchev–Trinajstić information content (AvgIpc) is 2.49. The van der Waals surface area contributed by atoms with Crippen molar-refractivity contribution in [2.24, 2.45) is 0 Å². The molecule has 1 aromatic rings. The fraction of sp³-hybridized carbons (Fsp3) is 0.562. The summed E-state index contributed by atoms with van der Waals surface area (Å²) >= 11 is 4.41. The first-order valence-electron chi connectivity index (χ1n) is 7.48. The van der Waals surface area contributed by atoms with E-state index in [1.807, 2.05) is 30.3 Å². The molecule has 4 heteroatoms. The van der Waals surface area contributed by atoms with Gasteiger partial charge < -0.3 is 10.2 Å². The Morgan fingerprint density at radius 3 is 2.60 bits per heavy atom. The van der Waals surface area contributed by atoms with Crippen LogP contribution in [0.2, 0.25) is 0 Å². The van der Waals surface area contributed by atoms with E-state index in [0.29, 0.717) is 6.42 Å². The standard InChI is InChI=1S/C16H24N2OS/c19-16(15(20)13-14-7-3-1-4-8-14)17-9-12-18-10-5-2-6-11-18/h1,3-4,7-8,15,20H,2,5-6,9-13H2,(H,17,19). The topological polar surface area (TPSA) is 32.3 Å². The third-order valence-electron chi connectivity index (χ3n) is 3.75. The normalized spacial score (nSPS) is 17.6. The zero-order chi connectivity index (χ0) is 14.2. The monoisotopic (exact) mass is 292 g/mol. The summed E-state index contributed by atoms with van der Waals surface area (Å²) in [5.74, 6) is 0.0363. The molecular weight excluding hydrogens is 268 g/mol. The Kier molecular flexibility index (Phi) is 6.40. The molecule has 110 valence electrons. The van der Waals surface area contributed by atoms with E-state index >= 15 is 0 Å². The van der Waals surface area contributed by atoms with Gasteiger partial charge in [-0.3, -0.25) is 4.79 Å². The van der Waals surface area contributed by atoms with Gasteiger partial charge in [-0.25, -0.2) is 0 Å². The van der Waals surface area contributed by atoms with Crippen LogP contribution in [0.25, 0.3) is 0 Å². The minimum absolute atomic E-state index is 0.0363. The molecule has 1 fully saturated rings. The zero-order valence-corrected chi connectivity index (χ0v) is 12.8. The van der Waals surface area contributed by atoms with E-state index in [-0.39, 0.29) is 11.2 Å². The molecule has 0 aromatic heterocycles. The van der Waals surface area contributed by atoms with Gasteiger partial charge in [-0.2, -0.15) is 12.6 Å². The Morgan fingerprint density at radius 1 is 1.20 bits per heavy atom. The predicted octanol–water partition coefficient (Wildman–Crippen LogP) is 2.13. The zero-order valence-electron chi connectivity index (χ0n) is 11.9. The second-order valence-corrected chi connectivity index (χ2v) is 6.02. The van der Waals surface area contributed by atoms with Gasteiger partial charge in [0.1, 0.15) is 0 Å². The summed E-state index contributed by atoms with van der Waals surface area (Å²) in [6, 6.07) is 10.0. The molecule has 0 aliphatic carbocycles. The SMILES string of the molecule is O=C(NCCN1CCCCC1)C(S)Cc1ccccc1. The van der Waals surface area contributed by atoms with Gasteiger partial charge in [0.2, 0.25) is 5.91 Å². The summed E-state index contributed by atoms with van der Waals surface area (Å²) in [5.41, 5.74) is 1.15. The lowest BCUT2D eigenvalue weighted by Gasteiger charge is -2.26. The van der Waals surface area contributed by atoms with Crippen molar-refractivity contribution in [3.8, 4) is 0 Å². The highest BCUT2D eigenvalue weighted by molar-refractivity contribution is 7.81. The van der Waals surface area contributed by atoms with Gasteiger partial charge in [-0.1, -0.05) is 36.8 Å². The molecule has 1 aliphatic rings. The van der Waals surface area contributed by atoms with Gasteiger partial charge in [0, 0.05) is 13.1 Å². The summed E-state index contributed by atoms with van der Waals surface area (Å²) < 4.78 is 0. The van der Waals surface area contributed by atoms with Crippen molar-refractivity contribution < 1.29 is 4.79 Å². The third kappa shape index (κ3) is 5.17. The Hall–Kier alpha value is -1.00. The van der Waals surface area contributed by atoms with E-state index in [9.17, 15) is 4.79 Å². The van der Waals surface area contributed by atoms with Crippen LogP contribution in [0.3, 0.4) is 0 Å². The van der Waals surface area contributed by atoms with Crippen LogP contribution in [0, 0.1) is 0 Å². The smallest absolute Gasteiger partial charge is 0.233 e. The Morgan fingerprint density at radius 2 is 1.90 bits per heavy atom. The number of benzene rings is 1. The highest BCUT2D eigenvalue weighted by Gasteiger charge is 2.15. The quantitative estimate of drug-likeness (QED) is 0.787. The maximum atomic E-state index is 12.0. The molecule has 1 N–H and O–H groups in total. The summed E-state index contributed by atoms with van der Waals surface area (Å²) in [6.45, 7) is 4.02. The highest BCUT2D eigenvalue weighted by atomic mass is 32.1. The van der Waals surface area contributed by atoms with Gasteiger partial charge >= 0.3 is 0 Å². The largest absolute Gasteiger partial charge is 0.354 e. The second-order valence-electron chi connectivity index (χ2n) is 5.40. The molecule has 20 heavy (non-hydrogen) atoms. The lowest BCUT2D eigenvalue weighted by atomic mass is 10.1. The maximum Gasteiger partial charge on any atom is 0.233 e. The molecule has 1 aromatic carbocycles. The fourth-order valence-electron chi connectivity index (χ4n) is 2.57. The molecule has 2 rings (SSSR count). The van der Waals surface area contributed by atoms with Crippen LogP contribution in [0.4, 0.5) is 0 Å². The molecule has 1 atom stereocenters. The molecule has 3 nitrogen and oxygen atoms in total. The van der Waals surface area contributed by atoms with E-state index in [0.717, 1.165) is 18.7 Å². The predicted molar refractivity (Wildman–Crippen MR) is 86.2 cm³/mol. The van der Waals surface area contributed by atoms with Crippen LogP contribution in [-0.4, -0.2) is 42.2 Å². The van der Waals surface area contributed by atoms with Crippen molar-refractivity contribution >= 4 is 18.5 Å². The number of rotatable bonds is 6. The molecule has 0 saturated carbocycles. The number of carbonyl (C=O) groups is 1. The van der Waals surface area contributed by atoms with Gasteiger partial charge in [-0.05, 0) is 37.9 Å². The highest BCUT2D eigenvalue weighted by Crippen LogP contribution is 2.09. The number of hydrogen-bond donors (Lipinski definition) is 2. The fourth-order valence-corrected chi connectivity index (χ4v) is 2.87. The minimum atomic E-state index is -0.265. The first kappa shape index (κ1) is 15.4. The van der Waals surface area contributed by atoms with Crippen LogP contribution in [0.1, 0.15) is 24.8 Å². The summed E-state index contributed by atoms with van der Waals surface area (Å²) in [7, 11) is 0. The molecular formula is C16H24N2OS. The van der Waals surface area contributed by atoms with Crippen molar-refractivity contribution in [2.45, 2.75) is 30.9 Å². The molecule has 1 saturated heterocycles. The molecule has 1 aliphatic heterocycles. The summed E-state index contributed by atoms with van der Waals surface area (Å²) in [6.07, 6.45) is 4.60. The van der Waals surface area contributed by atoms with Crippen LogP contribution < -0.4 is 5.32 Å². The molecule has 0 radical (unpaired) electrons. The number of piperidine rings is 1.